The molecule has 100 valence electrons. The van der Waals surface area contributed by atoms with Gasteiger partial charge in [0.25, 0.3) is 5.91 Å². The zero-order chi connectivity index (χ0) is 14.0. The number of aromatic nitrogens is 1. The van der Waals surface area contributed by atoms with E-state index in [1.54, 1.807) is 43.1 Å². The lowest BCUT2D eigenvalue weighted by Gasteiger charge is -2.16. The van der Waals surface area contributed by atoms with E-state index in [-0.39, 0.29) is 5.91 Å². The summed E-state index contributed by atoms with van der Waals surface area (Å²) in [5, 5.41) is 4.29. The van der Waals surface area contributed by atoms with Crippen LogP contribution in [0.15, 0.2) is 28.8 Å². The van der Waals surface area contributed by atoms with E-state index >= 15 is 0 Å². The van der Waals surface area contributed by atoms with E-state index in [1.165, 1.54) is 0 Å². The van der Waals surface area contributed by atoms with Crippen LogP contribution in [0.2, 0.25) is 5.02 Å². The van der Waals surface area contributed by atoms with Crippen molar-refractivity contribution in [2.75, 3.05) is 12.8 Å². The van der Waals surface area contributed by atoms with Gasteiger partial charge >= 0.3 is 0 Å². The minimum absolute atomic E-state index is 0.149. The summed E-state index contributed by atoms with van der Waals surface area (Å²) in [5.41, 5.74) is 7.27. The average molecular weight is 280 g/mol. The number of rotatable bonds is 3. The molecule has 0 aliphatic rings. The predicted octanol–water partition coefficient (Wildman–Crippen LogP) is 2.49. The Morgan fingerprint density at radius 3 is 2.79 bits per heavy atom. The van der Waals surface area contributed by atoms with Gasteiger partial charge in [-0.25, -0.2) is 0 Å². The third-order valence-electron chi connectivity index (χ3n) is 2.67. The van der Waals surface area contributed by atoms with E-state index in [2.05, 4.69) is 5.16 Å². The summed E-state index contributed by atoms with van der Waals surface area (Å²) in [6, 6.07) is 6.61. The highest BCUT2D eigenvalue weighted by atomic mass is 35.5. The average Bonchev–Trinajstić information content (AvgIpc) is 2.77. The fourth-order valence-electron chi connectivity index (χ4n) is 1.70. The summed E-state index contributed by atoms with van der Waals surface area (Å²) >= 11 is 5.83. The summed E-state index contributed by atoms with van der Waals surface area (Å²) in [6.45, 7) is 2.18. The van der Waals surface area contributed by atoms with Crippen molar-refractivity contribution in [1.82, 2.24) is 10.1 Å². The van der Waals surface area contributed by atoms with E-state index in [0.29, 0.717) is 34.3 Å². The summed E-state index contributed by atoms with van der Waals surface area (Å²) in [7, 11) is 1.69. The standard InChI is InChI=1S/C13H14ClN3O2/c1-8-5-10(16-19-8)7-17(2)13(18)9-3-4-11(14)12(15)6-9/h3-6H,7,15H2,1-2H3. The van der Waals surface area contributed by atoms with Crippen LogP contribution in [-0.2, 0) is 6.54 Å². The molecule has 19 heavy (non-hydrogen) atoms. The van der Waals surface area contributed by atoms with Gasteiger partial charge in [0, 0.05) is 18.7 Å². The number of nitrogens with zero attached hydrogens (tertiary/aromatic N) is 2. The van der Waals surface area contributed by atoms with Crippen LogP contribution in [0.5, 0.6) is 0 Å². The molecule has 0 bridgehead atoms. The minimum Gasteiger partial charge on any atom is -0.398 e. The van der Waals surface area contributed by atoms with Gasteiger partial charge in [0.05, 0.1) is 17.3 Å². The number of benzene rings is 1. The van der Waals surface area contributed by atoms with E-state index in [9.17, 15) is 4.79 Å². The molecule has 0 fully saturated rings. The molecule has 1 aromatic heterocycles. The van der Waals surface area contributed by atoms with Crippen LogP contribution in [0.3, 0.4) is 0 Å². The quantitative estimate of drug-likeness (QED) is 0.876. The molecule has 0 unspecified atom stereocenters. The number of amides is 1. The molecular weight excluding hydrogens is 266 g/mol. The second-order valence-electron chi connectivity index (χ2n) is 4.33. The molecule has 2 N–H and O–H groups in total. The minimum atomic E-state index is -0.149. The van der Waals surface area contributed by atoms with Gasteiger partial charge < -0.3 is 15.2 Å². The molecule has 0 radical (unpaired) electrons. The zero-order valence-electron chi connectivity index (χ0n) is 10.7. The van der Waals surface area contributed by atoms with Gasteiger partial charge in [-0.05, 0) is 25.1 Å². The molecule has 0 saturated carbocycles. The molecule has 6 heteroatoms. The normalized spacial score (nSPS) is 10.5. The first kappa shape index (κ1) is 13.4. The van der Waals surface area contributed by atoms with Crippen molar-refractivity contribution in [3.8, 4) is 0 Å². The van der Waals surface area contributed by atoms with Crippen LogP contribution >= 0.6 is 11.6 Å². The summed E-state index contributed by atoms with van der Waals surface area (Å²) in [4.78, 5) is 13.7. The highest BCUT2D eigenvalue weighted by Crippen LogP contribution is 2.20. The smallest absolute Gasteiger partial charge is 0.254 e. The molecule has 1 amide bonds. The largest absolute Gasteiger partial charge is 0.398 e. The molecule has 1 aromatic carbocycles. The molecule has 1 heterocycles. The topological polar surface area (TPSA) is 72.4 Å². The Morgan fingerprint density at radius 1 is 1.47 bits per heavy atom. The third-order valence-corrected chi connectivity index (χ3v) is 3.01. The van der Waals surface area contributed by atoms with Gasteiger partial charge in [0.15, 0.2) is 0 Å². The number of hydrogen-bond acceptors (Lipinski definition) is 4. The maximum atomic E-state index is 12.2. The molecule has 0 aliphatic heterocycles. The lowest BCUT2D eigenvalue weighted by Crippen LogP contribution is -2.26. The van der Waals surface area contributed by atoms with Crippen molar-refractivity contribution in [3.63, 3.8) is 0 Å². The molecule has 0 saturated heterocycles. The zero-order valence-corrected chi connectivity index (χ0v) is 11.4. The second kappa shape index (κ2) is 5.32. The van der Waals surface area contributed by atoms with Crippen molar-refractivity contribution in [1.29, 1.82) is 0 Å². The molecule has 0 aliphatic carbocycles. The number of anilines is 1. The third kappa shape index (κ3) is 3.06. The SMILES string of the molecule is Cc1cc(CN(C)C(=O)c2ccc(Cl)c(N)c2)no1. The number of nitrogen functional groups attached to an aromatic ring is 1. The number of nitrogens with two attached hydrogens (primary N) is 1. The lowest BCUT2D eigenvalue weighted by molar-refractivity contribution is 0.0782. The van der Waals surface area contributed by atoms with E-state index in [0.717, 1.165) is 0 Å². The first-order valence-electron chi connectivity index (χ1n) is 5.70. The monoisotopic (exact) mass is 279 g/mol. The van der Waals surface area contributed by atoms with Crippen LogP contribution in [0.25, 0.3) is 0 Å². The van der Waals surface area contributed by atoms with Crippen molar-refractivity contribution >= 4 is 23.2 Å². The molecular formula is C13H14ClN3O2. The van der Waals surface area contributed by atoms with Gasteiger partial charge in [-0.1, -0.05) is 16.8 Å². The van der Waals surface area contributed by atoms with Crippen molar-refractivity contribution in [2.45, 2.75) is 13.5 Å². The number of carbonyl (C=O) groups excluding carboxylic acids is 1. The molecule has 5 nitrogen and oxygen atoms in total. The fourth-order valence-corrected chi connectivity index (χ4v) is 1.82. The van der Waals surface area contributed by atoms with Crippen LogP contribution in [-0.4, -0.2) is 23.0 Å². The number of aryl methyl sites for hydroxylation is 1. The van der Waals surface area contributed by atoms with E-state index in [1.807, 2.05) is 0 Å². The van der Waals surface area contributed by atoms with Crippen molar-refractivity contribution in [2.24, 2.45) is 0 Å². The fraction of sp³-hybridized carbons (Fsp3) is 0.231. The Labute approximate surface area is 115 Å². The van der Waals surface area contributed by atoms with Crippen molar-refractivity contribution < 1.29 is 9.32 Å². The molecule has 2 rings (SSSR count). The number of carbonyl (C=O) groups is 1. The highest BCUT2D eigenvalue weighted by Gasteiger charge is 2.14. The maximum absolute atomic E-state index is 12.2. The summed E-state index contributed by atoms with van der Waals surface area (Å²) in [5.74, 6) is 0.565. The first-order chi connectivity index (χ1) is 8.97. The molecule has 0 atom stereocenters. The summed E-state index contributed by atoms with van der Waals surface area (Å²) in [6.07, 6.45) is 0. The summed E-state index contributed by atoms with van der Waals surface area (Å²) < 4.78 is 4.96. The van der Waals surface area contributed by atoms with Crippen LogP contribution in [0.4, 0.5) is 5.69 Å². The molecule has 0 spiro atoms. The van der Waals surface area contributed by atoms with Gasteiger partial charge in [-0.2, -0.15) is 0 Å². The van der Waals surface area contributed by atoms with Crippen LogP contribution in [0.1, 0.15) is 21.8 Å². The van der Waals surface area contributed by atoms with Gasteiger partial charge in [0.2, 0.25) is 0 Å². The van der Waals surface area contributed by atoms with E-state index in [4.69, 9.17) is 21.9 Å². The first-order valence-corrected chi connectivity index (χ1v) is 6.08. The van der Waals surface area contributed by atoms with Gasteiger partial charge in [-0.3, -0.25) is 4.79 Å². The van der Waals surface area contributed by atoms with Crippen molar-refractivity contribution in [3.05, 3.63) is 46.3 Å². The van der Waals surface area contributed by atoms with Crippen LogP contribution in [0, 0.1) is 6.92 Å². The maximum Gasteiger partial charge on any atom is 0.254 e. The Morgan fingerprint density at radius 2 is 2.21 bits per heavy atom. The Balaban J connectivity index is 2.12. The van der Waals surface area contributed by atoms with Crippen LogP contribution < -0.4 is 5.73 Å². The van der Waals surface area contributed by atoms with E-state index < -0.39 is 0 Å². The number of halogens is 1. The predicted molar refractivity (Wildman–Crippen MR) is 72.9 cm³/mol. The Bertz CT molecular complexity index is 610. The highest BCUT2D eigenvalue weighted by molar-refractivity contribution is 6.33. The molecule has 2 aromatic rings. The lowest BCUT2D eigenvalue weighted by atomic mass is 10.1. The Kier molecular flexibility index (Phi) is 3.76. The number of hydrogen-bond donors (Lipinski definition) is 1. The Hall–Kier alpha value is -2.01. The second-order valence-corrected chi connectivity index (χ2v) is 4.73. The van der Waals surface area contributed by atoms with Gasteiger partial charge in [0.1, 0.15) is 11.5 Å². The van der Waals surface area contributed by atoms with Gasteiger partial charge in [-0.15, -0.1) is 0 Å².